The van der Waals surface area contributed by atoms with Crippen molar-refractivity contribution >= 4 is 11.5 Å². The number of benzene rings is 1. The van der Waals surface area contributed by atoms with Gasteiger partial charge < -0.3 is 0 Å². The maximum Gasteiger partial charge on any atom is 0.215 e. The molecule has 0 aliphatic heterocycles. The van der Waals surface area contributed by atoms with Crippen LogP contribution in [0, 0.1) is 0 Å². The number of azo groups is 1. The Hall–Kier alpha value is -2.04. The van der Waals surface area contributed by atoms with E-state index < -0.39 is 0 Å². The van der Waals surface area contributed by atoms with Gasteiger partial charge >= 0.3 is 0 Å². The molecule has 64 valence electrons. The van der Waals surface area contributed by atoms with Gasteiger partial charge in [0.05, 0.1) is 11.9 Å². The maximum absolute atomic E-state index is 3.95. The van der Waals surface area contributed by atoms with Crippen LogP contribution in [0.15, 0.2) is 46.8 Å². The van der Waals surface area contributed by atoms with Crippen molar-refractivity contribution < 1.29 is 0 Å². The zero-order valence-electron chi connectivity index (χ0n) is 6.75. The van der Waals surface area contributed by atoms with Gasteiger partial charge in [0, 0.05) is 0 Å². The van der Waals surface area contributed by atoms with Crippen LogP contribution in [0.4, 0.5) is 11.5 Å². The highest BCUT2D eigenvalue weighted by atomic mass is 15.4. The Morgan fingerprint density at radius 3 is 2.62 bits per heavy atom. The van der Waals surface area contributed by atoms with Gasteiger partial charge in [-0.05, 0) is 12.1 Å². The second-order valence-electron chi connectivity index (χ2n) is 2.36. The van der Waals surface area contributed by atoms with Crippen molar-refractivity contribution in [3.8, 4) is 0 Å². The van der Waals surface area contributed by atoms with Crippen molar-refractivity contribution in [2.75, 3.05) is 0 Å². The van der Waals surface area contributed by atoms with Crippen LogP contribution in [0.5, 0.6) is 0 Å². The molecule has 0 aliphatic rings. The van der Waals surface area contributed by atoms with Crippen LogP contribution in [0.1, 0.15) is 0 Å². The zero-order chi connectivity index (χ0) is 8.93. The lowest BCUT2D eigenvalue weighted by Crippen LogP contribution is -1.65. The summed E-state index contributed by atoms with van der Waals surface area (Å²) in [4.78, 5) is 0. The number of nitrogens with zero attached hydrogens (tertiary/aromatic N) is 4. The molecule has 1 aromatic heterocycles. The molecule has 1 heterocycles. The van der Waals surface area contributed by atoms with Gasteiger partial charge in [-0.1, -0.05) is 18.2 Å². The first-order chi connectivity index (χ1) is 6.45. The van der Waals surface area contributed by atoms with E-state index >= 15 is 0 Å². The fourth-order valence-electron chi connectivity index (χ4n) is 0.847. The van der Waals surface area contributed by atoms with Crippen LogP contribution in [0.25, 0.3) is 0 Å². The van der Waals surface area contributed by atoms with E-state index in [4.69, 9.17) is 0 Å². The highest BCUT2D eigenvalue weighted by Crippen LogP contribution is 2.13. The standard InChI is InChI=1S/C8H7N5/c1-2-4-7(5-3-1)10-11-8-6-9-13-12-8/h1-6H,(H,9,12,13). The monoisotopic (exact) mass is 173 g/mol. The average Bonchev–Trinajstić information content (AvgIpc) is 2.69. The zero-order valence-corrected chi connectivity index (χ0v) is 6.75. The van der Waals surface area contributed by atoms with Gasteiger partial charge in [-0.15, -0.1) is 15.3 Å². The first-order valence-corrected chi connectivity index (χ1v) is 3.78. The Kier molecular flexibility index (Phi) is 2.09. The highest BCUT2D eigenvalue weighted by Gasteiger charge is 1.90. The molecular weight excluding hydrogens is 166 g/mol. The highest BCUT2D eigenvalue weighted by molar-refractivity contribution is 5.35. The van der Waals surface area contributed by atoms with Crippen molar-refractivity contribution in [2.24, 2.45) is 10.2 Å². The van der Waals surface area contributed by atoms with Crippen molar-refractivity contribution in [1.82, 2.24) is 15.4 Å². The summed E-state index contributed by atoms with van der Waals surface area (Å²) in [6, 6.07) is 9.45. The second kappa shape index (κ2) is 3.57. The summed E-state index contributed by atoms with van der Waals surface area (Å²) in [5.74, 6) is 0.476. The van der Waals surface area contributed by atoms with Crippen molar-refractivity contribution in [2.45, 2.75) is 0 Å². The number of rotatable bonds is 2. The predicted molar refractivity (Wildman–Crippen MR) is 47.0 cm³/mol. The molecule has 13 heavy (non-hydrogen) atoms. The molecule has 5 nitrogen and oxygen atoms in total. The van der Waals surface area contributed by atoms with Crippen LogP contribution in [-0.4, -0.2) is 15.4 Å². The van der Waals surface area contributed by atoms with Crippen LogP contribution >= 0.6 is 0 Å². The van der Waals surface area contributed by atoms with Crippen molar-refractivity contribution in [3.63, 3.8) is 0 Å². The van der Waals surface area contributed by atoms with E-state index in [-0.39, 0.29) is 0 Å². The van der Waals surface area contributed by atoms with E-state index in [0.717, 1.165) is 5.69 Å². The molecule has 0 aliphatic carbocycles. The molecule has 0 saturated heterocycles. The summed E-state index contributed by atoms with van der Waals surface area (Å²) in [5, 5.41) is 17.6. The molecule has 1 aromatic carbocycles. The second-order valence-corrected chi connectivity index (χ2v) is 2.36. The minimum atomic E-state index is 0.476. The van der Waals surface area contributed by atoms with E-state index in [1.54, 1.807) is 0 Å². The summed E-state index contributed by atoms with van der Waals surface area (Å²) >= 11 is 0. The molecule has 0 spiro atoms. The third kappa shape index (κ3) is 1.96. The van der Waals surface area contributed by atoms with Crippen LogP contribution in [0.2, 0.25) is 0 Å². The summed E-state index contributed by atoms with van der Waals surface area (Å²) in [5.41, 5.74) is 0.797. The largest absolute Gasteiger partial charge is 0.215 e. The molecule has 0 unspecified atom stereocenters. The summed E-state index contributed by atoms with van der Waals surface area (Å²) < 4.78 is 0. The summed E-state index contributed by atoms with van der Waals surface area (Å²) in [7, 11) is 0. The number of aromatic nitrogens is 3. The minimum Gasteiger partial charge on any atom is -0.196 e. The molecule has 0 atom stereocenters. The molecule has 0 radical (unpaired) electrons. The first-order valence-electron chi connectivity index (χ1n) is 3.78. The summed E-state index contributed by atoms with van der Waals surface area (Å²) in [6.45, 7) is 0. The molecule has 0 bridgehead atoms. The molecule has 0 fully saturated rings. The van der Waals surface area contributed by atoms with Crippen molar-refractivity contribution in [3.05, 3.63) is 36.5 Å². The van der Waals surface area contributed by atoms with E-state index in [9.17, 15) is 0 Å². The number of hydrogen-bond donors (Lipinski definition) is 1. The number of aromatic amines is 1. The number of nitrogens with one attached hydrogen (secondary N) is 1. The molecule has 5 heteroatoms. The summed E-state index contributed by atoms with van der Waals surface area (Å²) in [6.07, 6.45) is 1.51. The molecule has 1 N–H and O–H groups in total. The Labute approximate surface area is 74.5 Å². The van der Waals surface area contributed by atoms with E-state index in [2.05, 4.69) is 25.6 Å². The van der Waals surface area contributed by atoms with Gasteiger partial charge in [0.15, 0.2) is 0 Å². The SMILES string of the molecule is c1ccc(N=Nc2cn[nH]n2)cc1. The molecule has 0 saturated carbocycles. The van der Waals surface area contributed by atoms with Crippen molar-refractivity contribution in [1.29, 1.82) is 0 Å². The lowest BCUT2D eigenvalue weighted by Gasteiger charge is -1.87. The van der Waals surface area contributed by atoms with E-state index in [1.807, 2.05) is 30.3 Å². The van der Waals surface area contributed by atoms with E-state index in [0.29, 0.717) is 5.82 Å². The normalized spacial score (nSPS) is 10.8. The Morgan fingerprint density at radius 2 is 1.92 bits per heavy atom. The van der Waals surface area contributed by atoms with Gasteiger partial charge in [0.2, 0.25) is 5.82 Å². The average molecular weight is 173 g/mol. The predicted octanol–water partition coefficient (Wildman–Crippen LogP) is 2.22. The maximum atomic E-state index is 3.95. The number of H-pyrrole nitrogens is 1. The van der Waals surface area contributed by atoms with Crippen LogP contribution in [-0.2, 0) is 0 Å². The molecule has 2 rings (SSSR count). The van der Waals surface area contributed by atoms with Crippen LogP contribution in [0.3, 0.4) is 0 Å². The number of hydrogen-bond acceptors (Lipinski definition) is 4. The third-order valence-electron chi connectivity index (χ3n) is 1.43. The smallest absolute Gasteiger partial charge is 0.196 e. The van der Waals surface area contributed by atoms with Gasteiger partial charge in [0.1, 0.15) is 0 Å². The quantitative estimate of drug-likeness (QED) is 0.707. The Balaban J connectivity index is 2.15. The van der Waals surface area contributed by atoms with Gasteiger partial charge in [-0.3, -0.25) is 0 Å². The Bertz CT molecular complexity index is 378. The molecule has 0 amide bonds. The fraction of sp³-hybridized carbons (Fsp3) is 0. The third-order valence-corrected chi connectivity index (χ3v) is 1.43. The van der Waals surface area contributed by atoms with Gasteiger partial charge in [-0.2, -0.15) is 10.3 Å². The van der Waals surface area contributed by atoms with Gasteiger partial charge in [0.25, 0.3) is 0 Å². The lowest BCUT2D eigenvalue weighted by atomic mass is 10.3. The molecular formula is C8H7N5. The lowest BCUT2D eigenvalue weighted by molar-refractivity contribution is 0.935. The molecule has 2 aromatic rings. The van der Waals surface area contributed by atoms with Gasteiger partial charge in [-0.25, -0.2) is 0 Å². The first kappa shape index (κ1) is 7.60. The topological polar surface area (TPSA) is 66.3 Å². The fourth-order valence-corrected chi connectivity index (χ4v) is 0.847. The van der Waals surface area contributed by atoms with Crippen LogP contribution < -0.4 is 0 Å². The van der Waals surface area contributed by atoms with E-state index in [1.165, 1.54) is 6.20 Å². The Morgan fingerprint density at radius 1 is 1.08 bits per heavy atom. The minimum absolute atomic E-state index is 0.476.